The first-order valence-corrected chi connectivity index (χ1v) is 6.32. The third kappa shape index (κ3) is 4.19. The van der Waals surface area contributed by atoms with E-state index in [4.69, 9.17) is 4.74 Å². The van der Waals surface area contributed by atoms with Gasteiger partial charge in [-0.05, 0) is 15.2 Å². The third-order valence-electron chi connectivity index (χ3n) is 0.812. The number of epoxide rings is 1. The van der Waals surface area contributed by atoms with E-state index >= 15 is 0 Å². The van der Waals surface area contributed by atoms with E-state index in [1.165, 1.54) is 0 Å². The van der Waals surface area contributed by atoms with Gasteiger partial charge in [0.05, 0.1) is 12.7 Å². The predicted molar refractivity (Wildman–Crippen MR) is 47.6 cm³/mol. The molecule has 1 saturated heterocycles. The van der Waals surface area contributed by atoms with Crippen LogP contribution in [0.1, 0.15) is 0 Å². The molecule has 0 aromatic rings. The number of hydrogen-bond acceptors (Lipinski definition) is 4. The fourth-order valence-corrected chi connectivity index (χ4v) is 3.29. The van der Waals surface area contributed by atoms with Crippen LogP contribution in [0.4, 0.5) is 0 Å². The molecule has 1 atom stereocenters. The molecule has 4 heteroatoms. The Morgan fingerprint density at radius 1 is 1.78 bits per heavy atom. The van der Waals surface area contributed by atoms with Crippen molar-refractivity contribution in [2.24, 2.45) is 0 Å². The molecule has 0 bridgehead atoms. The van der Waals surface area contributed by atoms with Crippen LogP contribution >= 0.6 is 31.4 Å². The molecule has 1 rings (SSSR count). The number of hydrogen-bond donors (Lipinski definition) is 0. The fourth-order valence-electron chi connectivity index (χ4n) is 0.323. The van der Waals surface area contributed by atoms with Crippen molar-refractivity contribution < 1.29 is 4.74 Å². The van der Waals surface area contributed by atoms with Gasteiger partial charge in [0.1, 0.15) is 0 Å². The van der Waals surface area contributed by atoms with E-state index in [9.17, 15) is 0 Å². The molecule has 1 unspecified atom stereocenters. The van der Waals surface area contributed by atoms with E-state index in [0.717, 1.165) is 12.4 Å². The maximum Gasteiger partial charge on any atom is 0.0908 e. The zero-order chi connectivity index (χ0) is 6.53. The van der Waals surface area contributed by atoms with Crippen molar-refractivity contribution in [1.29, 1.82) is 0 Å². The molecule has 9 heavy (non-hydrogen) atoms. The summed E-state index contributed by atoms with van der Waals surface area (Å²) < 4.78 is 5.02. The molecule has 1 aliphatic rings. The highest BCUT2D eigenvalue weighted by Gasteiger charge is 2.21. The van der Waals surface area contributed by atoms with Crippen molar-refractivity contribution in [1.82, 2.24) is 0 Å². The fraction of sp³-hybridized carbons (Fsp3) is 0.600. The summed E-state index contributed by atoms with van der Waals surface area (Å²) in [7, 11) is 5.25. The van der Waals surface area contributed by atoms with Crippen LogP contribution < -0.4 is 0 Å². The Morgan fingerprint density at radius 3 is 3.11 bits per heavy atom. The lowest BCUT2D eigenvalue weighted by molar-refractivity contribution is 0.426. The molecular weight excluding hydrogens is 172 g/mol. The lowest BCUT2D eigenvalue weighted by atomic mass is 10.6. The minimum Gasteiger partial charge on any atom is -0.372 e. The Hall–Kier alpha value is 0.750. The highest BCUT2D eigenvalue weighted by atomic mass is 33.5. The lowest BCUT2D eigenvalue weighted by Gasteiger charge is -1.90. The average molecular weight is 180 g/mol. The van der Waals surface area contributed by atoms with E-state index in [1.54, 1.807) is 20.6 Å². The molecule has 0 saturated carbocycles. The Morgan fingerprint density at radius 2 is 2.56 bits per heavy atom. The van der Waals surface area contributed by atoms with Crippen molar-refractivity contribution in [2.45, 2.75) is 6.10 Å². The molecule has 0 amide bonds. The molecule has 1 nitrogen and oxygen atoms in total. The van der Waals surface area contributed by atoms with Crippen LogP contribution in [0.3, 0.4) is 0 Å². The lowest BCUT2D eigenvalue weighted by Crippen LogP contribution is -1.84. The van der Waals surface area contributed by atoms with Crippen molar-refractivity contribution in [2.75, 3.05) is 12.4 Å². The minimum atomic E-state index is 0.549. The van der Waals surface area contributed by atoms with Gasteiger partial charge in [-0.25, -0.2) is 0 Å². The van der Waals surface area contributed by atoms with Gasteiger partial charge in [0, 0.05) is 5.75 Å². The molecule has 0 spiro atoms. The normalized spacial score (nSPS) is 23.8. The van der Waals surface area contributed by atoms with E-state index in [2.05, 4.69) is 6.58 Å². The Kier molecular flexibility index (Phi) is 3.97. The third-order valence-corrected chi connectivity index (χ3v) is 4.54. The first-order valence-electron chi connectivity index (χ1n) is 2.61. The number of ether oxygens (including phenoxy) is 1. The first-order chi connectivity index (χ1) is 4.43. The second-order valence-electron chi connectivity index (χ2n) is 1.57. The quantitative estimate of drug-likeness (QED) is 0.366. The van der Waals surface area contributed by atoms with Gasteiger partial charge < -0.3 is 4.74 Å². The topological polar surface area (TPSA) is 12.5 Å². The van der Waals surface area contributed by atoms with Gasteiger partial charge in [-0.15, -0.1) is 0 Å². The number of rotatable bonds is 5. The molecule has 1 heterocycles. The molecule has 1 aliphatic heterocycles. The summed E-state index contributed by atoms with van der Waals surface area (Å²) >= 11 is 0. The van der Waals surface area contributed by atoms with Gasteiger partial charge >= 0.3 is 0 Å². The van der Waals surface area contributed by atoms with E-state index in [1.807, 2.05) is 16.2 Å². The molecule has 0 aromatic carbocycles. The summed E-state index contributed by atoms with van der Waals surface area (Å²) in [4.78, 5) is 0. The Labute approximate surface area is 66.8 Å². The minimum absolute atomic E-state index is 0.549. The Balaban J connectivity index is 1.75. The molecule has 1 fully saturated rings. The molecule has 52 valence electrons. The smallest absolute Gasteiger partial charge is 0.0908 e. The summed E-state index contributed by atoms with van der Waals surface area (Å²) in [5, 5.41) is 1.84. The van der Waals surface area contributed by atoms with Gasteiger partial charge in [0.2, 0.25) is 0 Å². The van der Waals surface area contributed by atoms with Gasteiger partial charge in [-0.1, -0.05) is 28.2 Å². The van der Waals surface area contributed by atoms with Crippen LogP contribution in [0.25, 0.3) is 0 Å². The van der Waals surface area contributed by atoms with Crippen molar-refractivity contribution in [3.8, 4) is 0 Å². The highest BCUT2D eigenvalue weighted by molar-refractivity contribution is 9.09. The molecular formula is C5H8OS3. The zero-order valence-corrected chi connectivity index (χ0v) is 7.36. The molecule has 0 radical (unpaired) electrons. The van der Waals surface area contributed by atoms with Crippen LogP contribution in [0.15, 0.2) is 12.0 Å². The maximum atomic E-state index is 5.02. The van der Waals surface area contributed by atoms with Gasteiger partial charge in [-0.2, -0.15) is 0 Å². The summed E-state index contributed by atoms with van der Waals surface area (Å²) in [6, 6.07) is 0. The van der Waals surface area contributed by atoms with E-state index < -0.39 is 0 Å². The van der Waals surface area contributed by atoms with Crippen LogP contribution in [-0.4, -0.2) is 18.5 Å². The molecule has 0 aliphatic carbocycles. The maximum absolute atomic E-state index is 5.02. The van der Waals surface area contributed by atoms with E-state index in [0.29, 0.717) is 6.10 Å². The zero-order valence-electron chi connectivity index (χ0n) is 4.91. The van der Waals surface area contributed by atoms with Gasteiger partial charge in [0.15, 0.2) is 0 Å². The summed E-state index contributed by atoms with van der Waals surface area (Å²) in [6.07, 6.45) is 0.549. The van der Waals surface area contributed by atoms with Crippen molar-refractivity contribution in [3.63, 3.8) is 0 Å². The van der Waals surface area contributed by atoms with Crippen molar-refractivity contribution in [3.05, 3.63) is 12.0 Å². The van der Waals surface area contributed by atoms with Gasteiger partial charge in [-0.3, -0.25) is 0 Å². The predicted octanol–water partition coefficient (Wildman–Crippen LogP) is 2.56. The summed E-state index contributed by atoms with van der Waals surface area (Å²) in [6.45, 7) is 4.56. The van der Waals surface area contributed by atoms with Gasteiger partial charge in [0.25, 0.3) is 0 Å². The van der Waals surface area contributed by atoms with Crippen LogP contribution in [0, 0.1) is 0 Å². The second-order valence-corrected chi connectivity index (χ2v) is 5.72. The highest BCUT2D eigenvalue weighted by Crippen LogP contribution is 2.36. The molecule has 0 N–H and O–H groups in total. The second kappa shape index (κ2) is 4.55. The summed E-state index contributed by atoms with van der Waals surface area (Å²) in [5.41, 5.74) is 0. The van der Waals surface area contributed by atoms with Crippen LogP contribution in [-0.2, 0) is 4.74 Å². The Bertz CT molecular complexity index is 92.2. The average Bonchev–Trinajstić information content (AvgIpc) is 2.63. The van der Waals surface area contributed by atoms with Crippen LogP contribution in [0.2, 0.25) is 0 Å². The largest absolute Gasteiger partial charge is 0.372 e. The van der Waals surface area contributed by atoms with Crippen LogP contribution in [0.5, 0.6) is 0 Å². The first kappa shape index (κ1) is 7.85. The standard InChI is InChI=1S/C5H8OS3/c1-2-7-9-8-4-5-3-6-5/h2,5H,1,3-4H2. The van der Waals surface area contributed by atoms with Crippen molar-refractivity contribution >= 4 is 31.4 Å². The summed E-state index contributed by atoms with van der Waals surface area (Å²) in [5.74, 6) is 1.12. The monoisotopic (exact) mass is 180 g/mol. The molecule has 0 aromatic heterocycles. The SMILES string of the molecule is C=CSSSCC1CO1. The van der Waals surface area contributed by atoms with E-state index in [-0.39, 0.29) is 0 Å².